The molecule has 0 aromatic heterocycles. The Morgan fingerprint density at radius 1 is 1.58 bits per heavy atom. The van der Waals surface area contributed by atoms with E-state index in [-0.39, 0.29) is 5.82 Å². The van der Waals surface area contributed by atoms with Crippen molar-refractivity contribution in [1.82, 2.24) is 0 Å². The summed E-state index contributed by atoms with van der Waals surface area (Å²) in [6, 6.07) is 6.23. The van der Waals surface area contributed by atoms with Crippen LogP contribution in [0.3, 0.4) is 0 Å². The lowest BCUT2D eigenvalue weighted by atomic mass is 10.2. The van der Waals surface area contributed by atoms with Crippen LogP contribution in [-0.2, 0) is 0 Å². The maximum atomic E-state index is 12.7. The molecule has 0 bridgehead atoms. The normalized spacial score (nSPS) is 9.42. The zero-order chi connectivity index (χ0) is 8.97. The molecule has 0 amide bonds. The lowest BCUT2D eigenvalue weighted by Gasteiger charge is -2.00. The van der Waals surface area contributed by atoms with Gasteiger partial charge in [-0.1, -0.05) is 6.92 Å². The van der Waals surface area contributed by atoms with Crippen molar-refractivity contribution in [3.8, 4) is 6.07 Å². The Morgan fingerprint density at radius 2 is 2.33 bits per heavy atom. The number of halogens is 1. The van der Waals surface area contributed by atoms with Gasteiger partial charge in [-0.2, -0.15) is 5.26 Å². The topological polar surface area (TPSA) is 23.8 Å². The molecule has 0 radical (unpaired) electrons. The summed E-state index contributed by atoms with van der Waals surface area (Å²) in [6.07, 6.45) is 0. The largest absolute Gasteiger partial charge is 0.207 e. The zero-order valence-electron chi connectivity index (χ0n) is 6.67. The molecular formula is C9H8FNS. The van der Waals surface area contributed by atoms with Gasteiger partial charge in [-0.15, -0.1) is 11.8 Å². The predicted molar refractivity (Wildman–Crippen MR) is 47.5 cm³/mol. The molecule has 1 aromatic carbocycles. The SMILES string of the molecule is CCSc1cc(F)ccc1C#N. The monoisotopic (exact) mass is 181 g/mol. The first kappa shape index (κ1) is 9.08. The van der Waals surface area contributed by atoms with E-state index in [9.17, 15) is 4.39 Å². The van der Waals surface area contributed by atoms with Gasteiger partial charge in [0.15, 0.2) is 0 Å². The van der Waals surface area contributed by atoms with Crippen molar-refractivity contribution in [2.75, 3.05) is 5.75 Å². The number of hydrogen-bond acceptors (Lipinski definition) is 2. The molecule has 0 atom stereocenters. The van der Waals surface area contributed by atoms with Gasteiger partial charge in [0.1, 0.15) is 11.9 Å². The average Bonchev–Trinajstić information content (AvgIpc) is 2.05. The number of nitrogens with zero attached hydrogens (tertiary/aromatic N) is 1. The Kier molecular flexibility index (Phi) is 3.12. The Balaban J connectivity index is 3.06. The van der Waals surface area contributed by atoms with E-state index in [0.29, 0.717) is 5.56 Å². The lowest BCUT2D eigenvalue weighted by Crippen LogP contribution is -1.83. The molecule has 12 heavy (non-hydrogen) atoms. The van der Waals surface area contributed by atoms with E-state index >= 15 is 0 Å². The Bertz CT molecular complexity index is 317. The fraction of sp³-hybridized carbons (Fsp3) is 0.222. The second-order valence-corrected chi connectivity index (χ2v) is 3.49. The number of thioether (sulfide) groups is 1. The summed E-state index contributed by atoms with van der Waals surface area (Å²) in [5, 5.41) is 8.65. The molecule has 3 heteroatoms. The molecule has 1 rings (SSSR count). The molecule has 0 fully saturated rings. The molecule has 1 aromatic rings. The van der Waals surface area contributed by atoms with Crippen molar-refractivity contribution in [3.63, 3.8) is 0 Å². The van der Waals surface area contributed by atoms with Crippen molar-refractivity contribution < 1.29 is 4.39 Å². The lowest BCUT2D eigenvalue weighted by molar-refractivity contribution is 0.624. The van der Waals surface area contributed by atoms with Gasteiger partial charge in [0.05, 0.1) is 5.56 Å². The third kappa shape index (κ3) is 1.99. The van der Waals surface area contributed by atoms with E-state index in [1.165, 1.54) is 30.0 Å². The van der Waals surface area contributed by atoms with E-state index in [0.717, 1.165) is 10.6 Å². The highest BCUT2D eigenvalue weighted by Gasteiger charge is 2.02. The van der Waals surface area contributed by atoms with Crippen LogP contribution in [0.2, 0.25) is 0 Å². The predicted octanol–water partition coefficient (Wildman–Crippen LogP) is 2.81. The first-order valence-electron chi connectivity index (χ1n) is 3.60. The molecule has 0 N–H and O–H groups in total. The van der Waals surface area contributed by atoms with E-state index in [4.69, 9.17) is 5.26 Å². The van der Waals surface area contributed by atoms with Crippen LogP contribution in [-0.4, -0.2) is 5.75 Å². The molecule has 0 aliphatic heterocycles. The molecule has 0 heterocycles. The second-order valence-electron chi connectivity index (χ2n) is 2.19. The minimum atomic E-state index is -0.287. The zero-order valence-corrected chi connectivity index (χ0v) is 7.49. The molecule has 0 spiro atoms. The summed E-state index contributed by atoms with van der Waals surface area (Å²) in [4.78, 5) is 0.722. The molecule has 0 saturated heterocycles. The Morgan fingerprint density at radius 3 is 2.92 bits per heavy atom. The highest BCUT2D eigenvalue weighted by molar-refractivity contribution is 7.99. The summed E-state index contributed by atoms with van der Waals surface area (Å²) in [7, 11) is 0. The summed E-state index contributed by atoms with van der Waals surface area (Å²) in [6.45, 7) is 1.97. The molecule has 0 saturated carbocycles. The Labute approximate surface area is 75.2 Å². The summed E-state index contributed by atoms with van der Waals surface area (Å²) >= 11 is 1.48. The van der Waals surface area contributed by atoms with Crippen LogP contribution in [0.25, 0.3) is 0 Å². The minimum Gasteiger partial charge on any atom is -0.207 e. The van der Waals surface area contributed by atoms with Gasteiger partial charge in [-0.25, -0.2) is 4.39 Å². The van der Waals surface area contributed by atoms with Crippen LogP contribution in [0, 0.1) is 17.1 Å². The van der Waals surface area contributed by atoms with Crippen molar-refractivity contribution in [2.45, 2.75) is 11.8 Å². The minimum absolute atomic E-state index is 0.287. The number of rotatable bonds is 2. The molecule has 62 valence electrons. The van der Waals surface area contributed by atoms with Gasteiger partial charge >= 0.3 is 0 Å². The first-order chi connectivity index (χ1) is 5.77. The quantitative estimate of drug-likeness (QED) is 0.655. The third-order valence-corrected chi connectivity index (χ3v) is 2.30. The maximum absolute atomic E-state index is 12.7. The van der Waals surface area contributed by atoms with E-state index in [1.54, 1.807) is 0 Å². The third-order valence-electron chi connectivity index (χ3n) is 1.36. The second kappa shape index (κ2) is 4.13. The van der Waals surface area contributed by atoms with Crippen LogP contribution in [0.4, 0.5) is 4.39 Å². The highest BCUT2D eigenvalue weighted by atomic mass is 32.2. The summed E-state index contributed by atoms with van der Waals surface area (Å²) < 4.78 is 12.7. The van der Waals surface area contributed by atoms with Gasteiger partial charge in [0, 0.05) is 4.90 Å². The van der Waals surface area contributed by atoms with Crippen molar-refractivity contribution in [2.24, 2.45) is 0 Å². The molecule has 0 aliphatic rings. The van der Waals surface area contributed by atoms with Crippen molar-refractivity contribution in [1.29, 1.82) is 5.26 Å². The van der Waals surface area contributed by atoms with Gasteiger partial charge in [-0.05, 0) is 24.0 Å². The van der Waals surface area contributed by atoms with Crippen LogP contribution >= 0.6 is 11.8 Å². The standard InChI is InChI=1S/C9H8FNS/c1-2-12-9-5-8(10)4-3-7(9)6-11/h3-5H,2H2,1H3. The van der Waals surface area contributed by atoms with Crippen LogP contribution in [0.15, 0.2) is 23.1 Å². The Hall–Kier alpha value is -1.01. The number of hydrogen-bond donors (Lipinski definition) is 0. The van der Waals surface area contributed by atoms with Crippen molar-refractivity contribution in [3.05, 3.63) is 29.6 Å². The molecule has 1 nitrogen and oxygen atoms in total. The number of nitriles is 1. The summed E-state index contributed by atoms with van der Waals surface area (Å²) in [5.74, 6) is 0.558. The van der Waals surface area contributed by atoms with Gasteiger partial charge < -0.3 is 0 Å². The van der Waals surface area contributed by atoms with Crippen LogP contribution in [0.5, 0.6) is 0 Å². The van der Waals surface area contributed by atoms with E-state index < -0.39 is 0 Å². The smallest absolute Gasteiger partial charge is 0.124 e. The van der Waals surface area contributed by atoms with E-state index in [1.807, 2.05) is 13.0 Å². The van der Waals surface area contributed by atoms with Gasteiger partial charge in [0.25, 0.3) is 0 Å². The highest BCUT2D eigenvalue weighted by Crippen LogP contribution is 2.22. The number of benzene rings is 1. The first-order valence-corrected chi connectivity index (χ1v) is 4.59. The van der Waals surface area contributed by atoms with Crippen LogP contribution in [0.1, 0.15) is 12.5 Å². The van der Waals surface area contributed by atoms with Crippen LogP contribution < -0.4 is 0 Å². The van der Waals surface area contributed by atoms with Crippen molar-refractivity contribution >= 4 is 11.8 Å². The molecular weight excluding hydrogens is 173 g/mol. The molecule has 0 aliphatic carbocycles. The molecule has 0 unspecified atom stereocenters. The summed E-state index contributed by atoms with van der Waals surface area (Å²) in [5.41, 5.74) is 0.545. The van der Waals surface area contributed by atoms with Gasteiger partial charge in [0.2, 0.25) is 0 Å². The maximum Gasteiger partial charge on any atom is 0.124 e. The fourth-order valence-electron chi connectivity index (χ4n) is 0.863. The van der Waals surface area contributed by atoms with E-state index in [2.05, 4.69) is 0 Å². The fourth-order valence-corrected chi connectivity index (χ4v) is 1.64. The van der Waals surface area contributed by atoms with Gasteiger partial charge in [-0.3, -0.25) is 0 Å². The average molecular weight is 181 g/mol.